The van der Waals surface area contributed by atoms with E-state index < -0.39 is 17.8 Å². The summed E-state index contributed by atoms with van der Waals surface area (Å²) in [5.74, 6) is -1.39. The molecular weight excluding hydrogens is 477 g/mol. The van der Waals surface area contributed by atoms with Crippen LogP contribution >= 0.6 is 22.9 Å². The summed E-state index contributed by atoms with van der Waals surface area (Å²) in [6, 6.07) is 12.0. The number of ether oxygens (including phenoxy) is 1. The lowest BCUT2D eigenvalue weighted by atomic mass is 10.0. The Kier molecular flexibility index (Phi) is 7.60. The molecule has 0 saturated carbocycles. The summed E-state index contributed by atoms with van der Waals surface area (Å²) in [4.78, 5) is 33.7. The van der Waals surface area contributed by atoms with Gasteiger partial charge in [-0.2, -0.15) is 0 Å². The van der Waals surface area contributed by atoms with Gasteiger partial charge in [0, 0.05) is 18.8 Å². The molecule has 34 heavy (non-hydrogen) atoms. The van der Waals surface area contributed by atoms with E-state index in [1.54, 1.807) is 31.2 Å². The lowest BCUT2D eigenvalue weighted by Crippen LogP contribution is -2.45. The number of nitrogens with one attached hydrogen (secondary N) is 1. The molecule has 0 aliphatic carbocycles. The molecular formula is C25H25ClFN3O3S. The van der Waals surface area contributed by atoms with Crippen LogP contribution in [0.1, 0.15) is 44.8 Å². The minimum absolute atomic E-state index is 0.0591. The van der Waals surface area contributed by atoms with Crippen LogP contribution in [0.25, 0.3) is 0 Å². The predicted molar refractivity (Wildman–Crippen MR) is 131 cm³/mol. The molecule has 0 unspecified atom stereocenters. The maximum Gasteiger partial charge on any atom is 0.271 e. The minimum Gasteiger partial charge on any atom is -0.376 e. The topological polar surface area (TPSA) is 71.5 Å². The monoisotopic (exact) mass is 501 g/mol. The largest absolute Gasteiger partial charge is 0.376 e. The Balaban J connectivity index is 1.79. The summed E-state index contributed by atoms with van der Waals surface area (Å²) in [5.41, 5.74) is 1.49. The number of hydrogen-bond donors (Lipinski definition) is 1. The fourth-order valence-electron chi connectivity index (χ4n) is 4.03. The maximum atomic E-state index is 14.0. The number of amides is 2. The van der Waals surface area contributed by atoms with Gasteiger partial charge in [0.2, 0.25) is 5.91 Å². The van der Waals surface area contributed by atoms with Crippen LogP contribution in [-0.4, -0.2) is 36.1 Å². The molecule has 178 valence electrons. The molecule has 1 aliphatic rings. The van der Waals surface area contributed by atoms with Gasteiger partial charge in [-0.15, -0.1) is 11.3 Å². The highest BCUT2D eigenvalue weighted by atomic mass is 35.5. The Labute approximate surface area is 206 Å². The third-order valence-electron chi connectivity index (χ3n) is 5.65. The zero-order valence-corrected chi connectivity index (χ0v) is 20.5. The van der Waals surface area contributed by atoms with Crippen LogP contribution in [0, 0.1) is 19.7 Å². The maximum absolute atomic E-state index is 14.0. The van der Waals surface area contributed by atoms with Crippen LogP contribution in [0.5, 0.6) is 0 Å². The first-order chi connectivity index (χ1) is 16.3. The Morgan fingerprint density at radius 2 is 2.03 bits per heavy atom. The van der Waals surface area contributed by atoms with Gasteiger partial charge < -0.3 is 10.1 Å². The van der Waals surface area contributed by atoms with E-state index in [9.17, 15) is 14.0 Å². The number of nitrogens with zero attached hydrogens (tertiary/aromatic N) is 2. The van der Waals surface area contributed by atoms with E-state index in [4.69, 9.17) is 16.3 Å². The molecule has 0 spiro atoms. The molecule has 1 aromatic heterocycles. The first-order valence-electron chi connectivity index (χ1n) is 11.0. The van der Waals surface area contributed by atoms with Crippen molar-refractivity contribution in [2.75, 3.05) is 18.1 Å². The van der Waals surface area contributed by atoms with Crippen molar-refractivity contribution in [2.24, 2.45) is 0 Å². The average molecular weight is 502 g/mol. The predicted octanol–water partition coefficient (Wildman–Crippen LogP) is 5.24. The first-order valence-corrected chi connectivity index (χ1v) is 12.2. The first kappa shape index (κ1) is 24.3. The quantitative estimate of drug-likeness (QED) is 0.481. The van der Waals surface area contributed by atoms with Crippen LogP contribution in [0.4, 0.5) is 10.1 Å². The zero-order chi connectivity index (χ0) is 24.2. The number of anilines is 1. The van der Waals surface area contributed by atoms with Gasteiger partial charge in [0.15, 0.2) is 0 Å². The van der Waals surface area contributed by atoms with E-state index in [0.29, 0.717) is 35.0 Å². The van der Waals surface area contributed by atoms with Crippen molar-refractivity contribution in [1.82, 2.24) is 10.3 Å². The molecule has 1 aliphatic heterocycles. The molecule has 0 radical (unpaired) electrons. The fourth-order valence-corrected chi connectivity index (χ4v) is 5.06. The summed E-state index contributed by atoms with van der Waals surface area (Å²) < 4.78 is 19.6. The van der Waals surface area contributed by atoms with Gasteiger partial charge in [-0.1, -0.05) is 41.9 Å². The molecule has 6 nitrogen and oxygen atoms in total. The minimum atomic E-state index is -1.02. The number of aromatic nitrogens is 1. The third kappa shape index (κ3) is 5.29. The summed E-state index contributed by atoms with van der Waals surface area (Å²) in [6.45, 7) is 4.58. The second kappa shape index (κ2) is 10.6. The Morgan fingerprint density at radius 1 is 1.26 bits per heavy atom. The summed E-state index contributed by atoms with van der Waals surface area (Å²) in [5, 5.41) is 3.54. The van der Waals surface area contributed by atoms with Crippen molar-refractivity contribution in [3.8, 4) is 0 Å². The normalized spacial score (nSPS) is 16.3. The molecule has 2 amide bonds. The molecule has 1 fully saturated rings. The summed E-state index contributed by atoms with van der Waals surface area (Å²) in [7, 11) is 0. The SMILES string of the molecule is Cc1nc(C)c(C(=O)N(c2ccc(F)c(Cl)c2)[C@@H](C(=O)NC[C@H]2CCCO2)c2ccccc2)s1. The number of carbonyl (C=O) groups excluding carboxylic acids is 2. The number of benzene rings is 2. The van der Waals surface area contributed by atoms with Crippen molar-refractivity contribution in [2.45, 2.75) is 38.8 Å². The lowest BCUT2D eigenvalue weighted by Gasteiger charge is -2.31. The molecule has 0 bridgehead atoms. The number of rotatable bonds is 7. The Bertz CT molecular complexity index is 1180. The van der Waals surface area contributed by atoms with Gasteiger partial charge in [-0.3, -0.25) is 14.5 Å². The van der Waals surface area contributed by atoms with Gasteiger partial charge >= 0.3 is 0 Å². The number of halogens is 2. The van der Waals surface area contributed by atoms with Gasteiger partial charge in [0.25, 0.3) is 5.91 Å². The molecule has 2 atom stereocenters. The summed E-state index contributed by atoms with van der Waals surface area (Å²) in [6.07, 6.45) is 1.76. The van der Waals surface area contributed by atoms with Crippen molar-refractivity contribution in [3.05, 3.63) is 80.5 Å². The van der Waals surface area contributed by atoms with Gasteiger partial charge in [-0.05, 0) is 50.5 Å². The van der Waals surface area contributed by atoms with Crippen LogP contribution in [0.2, 0.25) is 5.02 Å². The molecule has 9 heteroatoms. The van der Waals surface area contributed by atoms with Crippen LogP contribution in [0.15, 0.2) is 48.5 Å². The average Bonchev–Trinajstić information content (AvgIpc) is 3.47. The van der Waals surface area contributed by atoms with E-state index in [2.05, 4.69) is 10.3 Å². The number of carbonyl (C=O) groups is 2. The van der Waals surface area contributed by atoms with Crippen molar-refractivity contribution in [1.29, 1.82) is 0 Å². The highest BCUT2D eigenvalue weighted by Gasteiger charge is 2.35. The third-order valence-corrected chi connectivity index (χ3v) is 7.00. The number of aryl methyl sites for hydroxylation is 2. The van der Waals surface area contributed by atoms with Gasteiger partial charge in [-0.25, -0.2) is 9.37 Å². The molecule has 3 aromatic rings. The fraction of sp³-hybridized carbons (Fsp3) is 0.320. The van der Waals surface area contributed by atoms with E-state index >= 15 is 0 Å². The second-order valence-electron chi connectivity index (χ2n) is 8.11. The molecule has 4 rings (SSSR count). The lowest BCUT2D eigenvalue weighted by molar-refractivity contribution is -0.123. The molecule has 2 heterocycles. The highest BCUT2D eigenvalue weighted by molar-refractivity contribution is 7.13. The Morgan fingerprint density at radius 3 is 2.65 bits per heavy atom. The van der Waals surface area contributed by atoms with E-state index in [1.165, 1.54) is 34.4 Å². The van der Waals surface area contributed by atoms with E-state index in [1.807, 2.05) is 13.0 Å². The molecule has 2 aromatic carbocycles. The molecule has 1 N–H and O–H groups in total. The van der Waals surface area contributed by atoms with E-state index in [0.717, 1.165) is 17.8 Å². The van der Waals surface area contributed by atoms with Crippen molar-refractivity contribution < 1.29 is 18.7 Å². The summed E-state index contributed by atoms with van der Waals surface area (Å²) >= 11 is 7.33. The number of hydrogen-bond acceptors (Lipinski definition) is 5. The highest BCUT2D eigenvalue weighted by Crippen LogP contribution is 2.34. The van der Waals surface area contributed by atoms with E-state index in [-0.39, 0.29) is 17.0 Å². The number of thiazole rings is 1. The second-order valence-corrected chi connectivity index (χ2v) is 9.72. The van der Waals surface area contributed by atoms with Crippen LogP contribution in [0.3, 0.4) is 0 Å². The van der Waals surface area contributed by atoms with Crippen LogP contribution in [-0.2, 0) is 9.53 Å². The zero-order valence-electron chi connectivity index (χ0n) is 18.9. The van der Waals surface area contributed by atoms with Gasteiger partial charge in [0.05, 0.1) is 21.8 Å². The smallest absolute Gasteiger partial charge is 0.271 e. The Hall–Kier alpha value is -2.81. The molecule has 1 saturated heterocycles. The van der Waals surface area contributed by atoms with Crippen LogP contribution < -0.4 is 10.2 Å². The van der Waals surface area contributed by atoms with Crippen molar-refractivity contribution >= 4 is 40.4 Å². The standard InChI is InChI=1S/C25H25ClFN3O3S/c1-15-23(34-16(2)29-15)25(32)30(18-10-11-21(27)20(26)13-18)22(17-7-4-3-5-8-17)24(31)28-14-19-9-6-12-33-19/h3-5,7-8,10-11,13,19,22H,6,9,12,14H2,1-2H3,(H,28,31)/t19-,22-/m1/s1. The van der Waals surface area contributed by atoms with Crippen molar-refractivity contribution in [3.63, 3.8) is 0 Å². The van der Waals surface area contributed by atoms with Gasteiger partial charge in [0.1, 0.15) is 16.7 Å².